The van der Waals surface area contributed by atoms with Gasteiger partial charge in [0.15, 0.2) is 0 Å². The molecule has 0 bridgehead atoms. The van der Waals surface area contributed by atoms with Gasteiger partial charge in [0, 0.05) is 33.1 Å². The van der Waals surface area contributed by atoms with Gasteiger partial charge in [0.2, 0.25) is 0 Å². The van der Waals surface area contributed by atoms with E-state index in [1.54, 1.807) is 30.3 Å². The molecule has 0 spiro atoms. The molecule has 0 amide bonds. The molecule has 1 aliphatic heterocycles. The molecule has 178 valence electrons. The Morgan fingerprint density at radius 1 is 1.20 bits per heavy atom. The minimum Gasteiger partial charge on any atom is -0.492 e. The Kier molecular flexibility index (Phi) is 6.35. The normalized spacial score (nSPS) is 17.7. The summed E-state index contributed by atoms with van der Waals surface area (Å²) >= 11 is 3.35. The van der Waals surface area contributed by atoms with E-state index in [-0.39, 0.29) is 24.1 Å². The number of hydrogen-bond acceptors (Lipinski definition) is 6. The first-order valence-electron chi connectivity index (χ1n) is 11.2. The van der Waals surface area contributed by atoms with Gasteiger partial charge >= 0.3 is 5.97 Å². The lowest BCUT2D eigenvalue weighted by Crippen LogP contribution is -2.09. The molecular formula is C27H21BrFNO5. The van der Waals surface area contributed by atoms with E-state index in [4.69, 9.17) is 18.9 Å². The topological polar surface area (TPSA) is 77.8 Å². The standard InChI is InChI=1S/C27H21BrFNO5/c1-32-26(31)11-16-14-33-25-12-18(3-4-19(16)25)34-24-8-5-20-23(9-6-21(29)27(20)24)35-22-7-2-17(28)10-15(22)13-30/h2-4,6-7,9-10,12,16,24H,5,8,11,14H2,1H3/t16-,24-/m1/s1. The number of ether oxygens (including phenoxy) is 4. The van der Waals surface area contributed by atoms with Crippen molar-refractivity contribution in [2.75, 3.05) is 13.7 Å². The highest BCUT2D eigenvalue weighted by molar-refractivity contribution is 9.10. The van der Waals surface area contributed by atoms with E-state index >= 15 is 0 Å². The molecule has 6 nitrogen and oxygen atoms in total. The van der Waals surface area contributed by atoms with Crippen LogP contribution in [0.3, 0.4) is 0 Å². The lowest BCUT2D eigenvalue weighted by atomic mass is 9.98. The van der Waals surface area contributed by atoms with Gasteiger partial charge < -0.3 is 18.9 Å². The van der Waals surface area contributed by atoms with Gasteiger partial charge in [-0.15, -0.1) is 0 Å². The summed E-state index contributed by atoms with van der Waals surface area (Å²) < 4.78 is 38.4. The van der Waals surface area contributed by atoms with E-state index in [9.17, 15) is 14.4 Å². The van der Waals surface area contributed by atoms with Crippen LogP contribution in [-0.4, -0.2) is 19.7 Å². The zero-order chi connectivity index (χ0) is 24.5. The first kappa shape index (κ1) is 23.2. The molecular weight excluding hydrogens is 517 g/mol. The van der Waals surface area contributed by atoms with E-state index in [1.165, 1.54) is 13.2 Å². The predicted molar refractivity (Wildman–Crippen MR) is 128 cm³/mol. The van der Waals surface area contributed by atoms with Gasteiger partial charge in [-0.2, -0.15) is 5.26 Å². The number of methoxy groups -OCH3 is 1. The first-order valence-corrected chi connectivity index (χ1v) is 11.9. The largest absolute Gasteiger partial charge is 0.492 e. The van der Waals surface area contributed by atoms with Crippen molar-refractivity contribution in [2.45, 2.75) is 31.3 Å². The number of carbonyl (C=O) groups excluding carboxylic acids is 1. The van der Waals surface area contributed by atoms with E-state index < -0.39 is 6.10 Å². The summed E-state index contributed by atoms with van der Waals surface area (Å²) in [4.78, 5) is 11.7. The summed E-state index contributed by atoms with van der Waals surface area (Å²) in [5.74, 6) is 1.43. The van der Waals surface area contributed by atoms with Crippen LogP contribution in [-0.2, 0) is 16.0 Å². The fraction of sp³-hybridized carbons (Fsp3) is 0.259. The van der Waals surface area contributed by atoms with Gasteiger partial charge in [0.05, 0.1) is 25.7 Å². The number of esters is 1. The molecule has 0 fully saturated rings. The molecule has 8 heteroatoms. The summed E-state index contributed by atoms with van der Waals surface area (Å²) in [6, 6.07) is 15.7. The van der Waals surface area contributed by atoms with Gasteiger partial charge in [-0.3, -0.25) is 4.79 Å². The third kappa shape index (κ3) is 4.56. The van der Waals surface area contributed by atoms with Crippen LogP contribution < -0.4 is 14.2 Å². The Labute approximate surface area is 210 Å². The van der Waals surface area contributed by atoms with Gasteiger partial charge in [0.25, 0.3) is 0 Å². The Hall–Kier alpha value is -3.57. The van der Waals surface area contributed by atoms with Crippen LogP contribution in [0.25, 0.3) is 0 Å². The van der Waals surface area contributed by atoms with Gasteiger partial charge in [-0.05, 0) is 49.2 Å². The number of hydrogen-bond donors (Lipinski definition) is 0. The molecule has 3 aromatic rings. The Bertz CT molecular complexity index is 1350. The highest BCUT2D eigenvalue weighted by Gasteiger charge is 2.32. The zero-order valence-corrected chi connectivity index (χ0v) is 20.4. The average molecular weight is 538 g/mol. The quantitative estimate of drug-likeness (QED) is 0.340. The van der Waals surface area contributed by atoms with E-state index in [0.29, 0.717) is 53.6 Å². The second kappa shape index (κ2) is 9.59. The minimum absolute atomic E-state index is 0.0623. The van der Waals surface area contributed by atoms with Crippen LogP contribution in [0.1, 0.15) is 47.1 Å². The van der Waals surface area contributed by atoms with Crippen LogP contribution in [0.4, 0.5) is 4.39 Å². The molecule has 3 aromatic carbocycles. The summed E-state index contributed by atoms with van der Waals surface area (Å²) in [6.07, 6.45) is 0.925. The van der Waals surface area contributed by atoms with E-state index in [1.807, 2.05) is 12.1 Å². The second-order valence-corrected chi connectivity index (χ2v) is 9.34. The third-order valence-electron chi connectivity index (χ3n) is 6.31. The van der Waals surface area contributed by atoms with Gasteiger partial charge in [0.1, 0.15) is 41.0 Å². The monoisotopic (exact) mass is 537 g/mol. The fourth-order valence-corrected chi connectivity index (χ4v) is 4.96. The molecule has 0 N–H and O–H groups in total. The number of benzene rings is 3. The molecule has 35 heavy (non-hydrogen) atoms. The molecule has 2 aliphatic rings. The summed E-state index contributed by atoms with van der Waals surface area (Å²) in [6.45, 7) is 0.399. The average Bonchev–Trinajstić information content (AvgIpc) is 3.46. The first-order chi connectivity index (χ1) is 17.0. The molecule has 0 aromatic heterocycles. The number of halogens is 2. The van der Waals surface area contributed by atoms with Crippen molar-refractivity contribution < 1.29 is 28.1 Å². The maximum Gasteiger partial charge on any atom is 0.306 e. The molecule has 0 saturated heterocycles. The lowest BCUT2D eigenvalue weighted by Gasteiger charge is -2.17. The maximum atomic E-state index is 14.9. The van der Waals surface area contributed by atoms with Crippen LogP contribution in [0.15, 0.2) is 53.0 Å². The van der Waals surface area contributed by atoms with Crippen LogP contribution in [0.5, 0.6) is 23.0 Å². The van der Waals surface area contributed by atoms with Crippen molar-refractivity contribution in [3.8, 4) is 29.1 Å². The van der Waals surface area contributed by atoms with Crippen molar-refractivity contribution in [3.05, 3.63) is 81.1 Å². The number of nitrogens with zero attached hydrogens (tertiary/aromatic N) is 1. The van der Waals surface area contributed by atoms with E-state index in [2.05, 4.69) is 22.0 Å². The van der Waals surface area contributed by atoms with Crippen molar-refractivity contribution >= 4 is 21.9 Å². The van der Waals surface area contributed by atoms with Crippen LogP contribution in [0.2, 0.25) is 0 Å². The summed E-state index contributed by atoms with van der Waals surface area (Å²) in [5, 5.41) is 9.44. The smallest absolute Gasteiger partial charge is 0.306 e. The SMILES string of the molecule is COC(=O)C[C@@H]1COc2cc(O[C@@H]3CCc4c(Oc5ccc(Br)cc5C#N)ccc(F)c43)ccc21. The zero-order valence-electron chi connectivity index (χ0n) is 18.8. The second-order valence-electron chi connectivity index (χ2n) is 8.43. The highest BCUT2D eigenvalue weighted by atomic mass is 79.9. The predicted octanol–water partition coefficient (Wildman–Crippen LogP) is 6.36. The number of carbonyl (C=O) groups is 1. The van der Waals surface area contributed by atoms with E-state index in [0.717, 1.165) is 15.6 Å². The molecule has 0 saturated carbocycles. The third-order valence-corrected chi connectivity index (χ3v) is 6.80. The van der Waals surface area contributed by atoms with Crippen molar-refractivity contribution in [1.29, 1.82) is 5.26 Å². The highest BCUT2D eigenvalue weighted by Crippen LogP contribution is 2.44. The Balaban J connectivity index is 1.37. The summed E-state index contributed by atoms with van der Waals surface area (Å²) in [5.41, 5.74) is 2.51. The van der Waals surface area contributed by atoms with Crippen molar-refractivity contribution in [2.24, 2.45) is 0 Å². The van der Waals surface area contributed by atoms with Crippen LogP contribution >= 0.6 is 15.9 Å². The molecule has 0 unspecified atom stereocenters. The van der Waals surface area contributed by atoms with Crippen LogP contribution in [0, 0.1) is 17.1 Å². The lowest BCUT2D eigenvalue weighted by molar-refractivity contribution is -0.141. The fourth-order valence-electron chi connectivity index (χ4n) is 4.60. The molecule has 2 atom stereocenters. The molecule has 0 radical (unpaired) electrons. The van der Waals surface area contributed by atoms with Gasteiger partial charge in [-0.1, -0.05) is 22.0 Å². The number of nitriles is 1. The molecule has 5 rings (SSSR count). The number of fused-ring (bicyclic) bond motifs is 2. The minimum atomic E-state index is -0.487. The maximum absolute atomic E-state index is 14.9. The summed E-state index contributed by atoms with van der Waals surface area (Å²) in [7, 11) is 1.37. The van der Waals surface area contributed by atoms with Crippen molar-refractivity contribution in [1.82, 2.24) is 0 Å². The molecule has 1 aliphatic carbocycles. The Morgan fingerprint density at radius 2 is 2.03 bits per heavy atom. The number of rotatable bonds is 6. The molecule has 1 heterocycles. The van der Waals surface area contributed by atoms with Gasteiger partial charge in [-0.25, -0.2) is 4.39 Å². The van der Waals surface area contributed by atoms with Crippen molar-refractivity contribution in [3.63, 3.8) is 0 Å². The Morgan fingerprint density at radius 3 is 2.83 bits per heavy atom.